The van der Waals surface area contributed by atoms with E-state index in [9.17, 15) is 9.50 Å². The molecule has 1 heterocycles. The van der Waals surface area contributed by atoms with Crippen LogP contribution in [0, 0.1) is 12.7 Å². The van der Waals surface area contributed by atoms with Crippen molar-refractivity contribution in [3.8, 4) is 5.75 Å². The summed E-state index contributed by atoms with van der Waals surface area (Å²) in [4.78, 5) is 0. The van der Waals surface area contributed by atoms with Gasteiger partial charge in [0.1, 0.15) is 24.3 Å². The molecule has 0 aliphatic carbocycles. The average Bonchev–Trinajstić information content (AvgIpc) is 2.45. The van der Waals surface area contributed by atoms with Gasteiger partial charge in [0, 0.05) is 13.2 Å². The molecule has 0 aromatic heterocycles. The van der Waals surface area contributed by atoms with E-state index in [0.29, 0.717) is 24.5 Å². The Bertz CT molecular complexity index is 418. The summed E-state index contributed by atoms with van der Waals surface area (Å²) in [6.45, 7) is 3.57. The highest BCUT2D eigenvalue weighted by Crippen LogP contribution is 2.18. The molecule has 0 spiro atoms. The van der Waals surface area contributed by atoms with Gasteiger partial charge in [0.2, 0.25) is 0 Å². The number of ether oxygens (including phenoxy) is 3. The number of hydrogen-bond acceptors (Lipinski definition) is 4. The Morgan fingerprint density at radius 3 is 2.80 bits per heavy atom. The minimum absolute atomic E-state index is 0.135. The van der Waals surface area contributed by atoms with Gasteiger partial charge in [0.05, 0.1) is 12.7 Å². The number of hydrogen-bond donors (Lipinski definition) is 1. The highest BCUT2D eigenvalue weighted by molar-refractivity contribution is 5.32. The molecule has 1 aliphatic rings. The number of aliphatic hydroxyl groups excluding tert-OH is 1. The van der Waals surface area contributed by atoms with Gasteiger partial charge >= 0.3 is 0 Å². The molecule has 0 saturated carbocycles. The van der Waals surface area contributed by atoms with Crippen molar-refractivity contribution in [3.05, 3.63) is 29.6 Å². The molecule has 1 aromatic carbocycles. The van der Waals surface area contributed by atoms with Crippen molar-refractivity contribution in [1.82, 2.24) is 0 Å². The minimum Gasteiger partial charge on any atom is -0.491 e. The third-order valence-corrected chi connectivity index (χ3v) is 3.26. The van der Waals surface area contributed by atoms with E-state index in [0.717, 1.165) is 12.8 Å². The number of aliphatic hydroxyl groups is 1. The van der Waals surface area contributed by atoms with E-state index in [1.807, 2.05) is 0 Å². The summed E-state index contributed by atoms with van der Waals surface area (Å²) in [6.07, 6.45) is 1.20. The SMILES string of the molecule is Cc1cc(F)ccc1OCC(O)COC1CCOCC1. The zero-order valence-electron chi connectivity index (χ0n) is 11.7. The summed E-state index contributed by atoms with van der Waals surface area (Å²) in [5.74, 6) is 0.287. The van der Waals surface area contributed by atoms with Crippen molar-refractivity contribution < 1.29 is 23.7 Å². The molecule has 1 aromatic rings. The molecule has 1 N–H and O–H groups in total. The summed E-state index contributed by atoms with van der Waals surface area (Å²) in [5.41, 5.74) is 0.711. The van der Waals surface area contributed by atoms with Crippen LogP contribution in [0.5, 0.6) is 5.75 Å². The molecule has 1 fully saturated rings. The number of rotatable bonds is 6. The first-order valence-electron chi connectivity index (χ1n) is 6.91. The first kappa shape index (κ1) is 15.2. The summed E-state index contributed by atoms with van der Waals surface area (Å²) in [7, 11) is 0. The fraction of sp³-hybridized carbons (Fsp3) is 0.600. The van der Waals surface area contributed by atoms with Crippen LogP contribution in [0.15, 0.2) is 18.2 Å². The maximum Gasteiger partial charge on any atom is 0.123 e. The molecule has 112 valence electrons. The molecule has 4 nitrogen and oxygen atoms in total. The molecule has 5 heteroatoms. The van der Waals surface area contributed by atoms with Gasteiger partial charge < -0.3 is 19.3 Å². The van der Waals surface area contributed by atoms with E-state index in [2.05, 4.69) is 0 Å². The molecule has 1 unspecified atom stereocenters. The molecular weight excluding hydrogens is 263 g/mol. The van der Waals surface area contributed by atoms with Crippen LogP contribution >= 0.6 is 0 Å². The van der Waals surface area contributed by atoms with Gasteiger partial charge in [-0.25, -0.2) is 4.39 Å². The van der Waals surface area contributed by atoms with Gasteiger partial charge in [-0.2, -0.15) is 0 Å². The zero-order valence-corrected chi connectivity index (χ0v) is 11.7. The minimum atomic E-state index is -0.692. The van der Waals surface area contributed by atoms with E-state index in [1.54, 1.807) is 13.0 Å². The highest BCUT2D eigenvalue weighted by Gasteiger charge is 2.16. The maximum absolute atomic E-state index is 12.9. The van der Waals surface area contributed by atoms with Crippen molar-refractivity contribution in [1.29, 1.82) is 0 Å². The molecule has 1 aliphatic heterocycles. The predicted molar refractivity (Wildman–Crippen MR) is 72.4 cm³/mol. The molecule has 0 bridgehead atoms. The van der Waals surface area contributed by atoms with E-state index in [1.165, 1.54) is 12.1 Å². The van der Waals surface area contributed by atoms with Crippen LogP contribution < -0.4 is 4.74 Å². The van der Waals surface area contributed by atoms with Crippen molar-refractivity contribution in [2.45, 2.75) is 32.0 Å². The lowest BCUT2D eigenvalue weighted by Gasteiger charge is -2.23. The maximum atomic E-state index is 12.9. The smallest absolute Gasteiger partial charge is 0.123 e. The van der Waals surface area contributed by atoms with E-state index < -0.39 is 6.10 Å². The Morgan fingerprint density at radius 1 is 1.35 bits per heavy atom. The third-order valence-electron chi connectivity index (χ3n) is 3.26. The molecule has 0 amide bonds. The highest BCUT2D eigenvalue weighted by atomic mass is 19.1. The van der Waals surface area contributed by atoms with Gasteiger partial charge in [0.25, 0.3) is 0 Å². The second-order valence-corrected chi connectivity index (χ2v) is 5.02. The second kappa shape index (κ2) is 7.57. The Kier molecular flexibility index (Phi) is 5.76. The number of benzene rings is 1. The lowest BCUT2D eigenvalue weighted by molar-refractivity contribution is -0.0659. The number of halogens is 1. The fourth-order valence-electron chi connectivity index (χ4n) is 2.10. The predicted octanol–water partition coefficient (Wildman–Crippen LogP) is 2.07. The van der Waals surface area contributed by atoms with Crippen LogP contribution in [0.4, 0.5) is 4.39 Å². The Morgan fingerprint density at radius 2 is 2.10 bits per heavy atom. The first-order valence-corrected chi connectivity index (χ1v) is 6.91. The molecule has 1 atom stereocenters. The summed E-state index contributed by atoms with van der Waals surface area (Å²) < 4.78 is 29.3. The van der Waals surface area contributed by atoms with E-state index >= 15 is 0 Å². The van der Waals surface area contributed by atoms with Gasteiger partial charge in [0.15, 0.2) is 0 Å². The van der Waals surface area contributed by atoms with Crippen LogP contribution in [0.3, 0.4) is 0 Å². The lowest BCUT2D eigenvalue weighted by atomic mass is 10.1. The van der Waals surface area contributed by atoms with Gasteiger partial charge in [-0.05, 0) is 43.5 Å². The van der Waals surface area contributed by atoms with E-state index in [-0.39, 0.29) is 25.1 Å². The van der Waals surface area contributed by atoms with Gasteiger partial charge in [-0.15, -0.1) is 0 Å². The van der Waals surface area contributed by atoms with Gasteiger partial charge in [-0.1, -0.05) is 0 Å². The Hall–Kier alpha value is -1.17. The van der Waals surface area contributed by atoms with Crippen LogP contribution in [-0.2, 0) is 9.47 Å². The van der Waals surface area contributed by atoms with Crippen LogP contribution in [-0.4, -0.2) is 43.7 Å². The van der Waals surface area contributed by atoms with Crippen molar-refractivity contribution in [2.75, 3.05) is 26.4 Å². The molecule has 2 rings (SSSR count). The Labute approximate surface area is 118 Å². The fourth-order valence-corrected chi connectivity index (χ4v) is 2.10. The van der Waals surface area contributed by atoms with Crippen LogP contribution in [0.1, 0.15) is 18.4 Å². The monoisotopic (exact) mass is 284 g/mol. The normalized spacial score (nSPS) is 17.9. The molecule has 20 heavy (non-hydrogen) atoms. The summed E-state index contributed by atoms with van der Waals surface area (Å²) in [6, 6.07) is 4.31. The average molecular weight is 284 g/mol. The molecule has 1 saturated heterocycles. The van der Waals surface area contributed by atoms with Crippen LogP contribution in [0.2, 0.25) is 0 Å². The van der Waals surface area contributed by atoms with Crippen molar-refractivity contribution in [3.63, 3.8) is 0 Å². The van der Waals surface area contributed by atoms with Crippen molar-refractivity contribution in [2.24, 2.45) is 0 Å². The lowest BCUT2D eigenvalue weighted by Crippen LogP contribution is -2.30. The third kappa shape index (κ3) is 4.74. The molecule has 0 radical (unpaired) electrons. The largest absolute Gasteiger partial charge is 0.491 e. The summed E-state index contributed by atoms with van der Waals surface area (Å²) in [5, 5.41) is 9.83. The second-order valence-electron chi connectivity index (χ2n) is 5.02. The van der Waals surface area contributed by atoms with Gasteiger partial charge in [-0.3, -0.25) is 0 Å². The van der Waals surface area contributed by atoms with Crippen LogP contribution in [0.25, 0.3) is 0 Å². The van der Waals surface area contributed by atoms with E-state index in [4.69, 9.17) is 14.2 Å². The topological polar surface area (TPSA) is 47.9 Å². The van der Waals surface area contributed by atoms with Crippen molar-refractivity contribution >= 4 is 0 Å². The standard InChI is InChI=1S/C15H21FO4/c1-11-8-12(16)2-3-15(11)20-10-13(17)9-19-14-4-6-18-7-5-14/h2-3,8,13-14,17H,4-7,9-10H2,1H3. The quantitative estimate of drug-likeness (QED) is 0.869. The zero-order chi connectivity index (χ0) is 14.4. The summed E-state index contributed by atoms with van der Waals surface area (Å²) >= 11 is 0. The first-order chi connectivity index (χ1) is 9.65. The Balaban J connectivity index is 1.70. The number of aryl methyl sites for hydroxylation is 1. The molecular formula is C15H21FO4.